The van der Waals surface area contributed by atoms with E-state index in [9.17, 15) is 4.79 Å². The number of thioether (sulfide) groups is 1. The third-order valence-corrected chi connectivity index (χ3v) is 5.11. The first kappa shape index (κ1) is 29.0. The fraction of sp³-hybridized carbons (Fsp3) is 0.800. The van der Waals surface area contributed by atoms with Crippen LogP contribution in [0.15, 0.2) is 10.1 Å². The summed E-state index contributed by atoms with van der Waals surface area (Å²) in [4.78, 5) is 18.6. The molecule has 8 nitrogen and oxygen atoms in total. The van der Waals surface area contributed by atoms with Gasteiger partial charge in [0.1, 0.15) is 5.82 Å². The SMILES string of the molecule is CCNC(=NCCCc1nnc(SC)n1CC(C)C)NCCC(=O)N(CC)CC.I. The molecular formula is C20H40IN7OS. The summed E-state index contributed by atoms with van der Waals surface area (Å²) in [5.74, 6) is 2.51. The summed E-state index contributed by atoms with van der Waals surface area (Å²) in [5.41, 5.74) is 0. The number of rotatable bonds is 13. The summed E-state index contributed by atoms with van der Waals surface area (Å²) >= 11 is 1.64. The van der Waals surface area contributed by atoms with Crippen LogP contribution in [0.1, 0.15) is 53.3 Å². The summed E-state index contributed by atoms with van der Waals surface area (Å²) in [6, 6.07) is 0. The maximum absolute atomic E-state index is 12.1. The second-order valence-electron chi connectivity index (χ2n) is 7.21. The van der Waals surface area contributed by atoms with Crippen molar-refractivity contribution in [3.8, 4) is 0 Å². The van der Waals surface area contributed by atoms with E-state index in [2.05, 4.69) is 44.2 Å². The predicted octanol–water partition coefficient (Wildman–Crippen LogP) is 3.02. The zero-order chi connectivity index (χ0) is 21.6. The number of carbonyl (C=O) groups excluding carboxylic acids is 1. The third-order valence-electron chi connectivity index (χ3n) is 4.44. The van der Waals surface area contributed by atoms with Crippen LogP contribution in [0.2, 0.25) is 0 Å². The first-order valence-corrected chi connectivity index (χ1v) is 11.9. The van der Waals surface area contributed by atoms with E-state index in [-0.39, 0.29) is 29.9 Å². The topological polar surface area (TPSA) is 87.4 Å². The van der Waals surface area contributed by atoms with Crippen molar-refractivity contribution >= 4 is 47.6 Å². The summed E-state index contributed by atoms with van der Waals surface area (Å²) < 4.78 is 2.22. The van der Waals surface area contributed by atoms with Gasteiger partial charge in [0.05, 0.1) is 0 Å². The van der Waals surface area contributed by atoms with Crippen molar-refractivity contribution in [1.29, 1.82) is 0 Å². The van der Waals surface area contributed by atoms with Crippen LogP contribution in [0, 0.1) is 5.92 Å². The molecule has 0 spiro atoms. The lowest BCUT2D eigenvalue weighted by Crippen LogP contribution is -2.40. The van der Waals surface area contributed by atoms with Gasteiger partial charge in [0, 0.05) is 52.1 Å². The number of aliphatic imine (C=N–C) groups is 1. The normalized spacial score (nSPS) is 11.4. The van der Waals surface area contributed by atoms with Gasteiger partial charge in [-0.2, -0.15) is 0 Å². The van der Waals surface area contributed by atoms with E-state index in [1.54, 1.807) is 11.8 Å². The highest BCUT2D eigenvalue weighted by Gasteiger charge is 2.12. The first-order chi connectivity index (χ1) is 14.0. The second kappa shape index (κ2) is 16.6. The Bertz CT molecular complexity index is 633. The zero-order valence-corrected chi connectivity index (χ0v) is 22.5. The van der Waals surface area contributed by atoms with Gasteiger partial charge >= 0.3 is 0 Å². The minimum absolute atomic E-state index is 0. The lowest BCUT2D eigenvalue weighted by molar-refractivity contribution is -0.130. The molecule has 0 saturated carbocycles. The van der Waals surface area contributed by atoms with Crippen molar-refractivity contribution in [2.45, 2.75) is 65.6 Å². The van der Waals surface area contributed by atoms with E-state index in [4.69, 9.17) is 0 Å². The van der Waals surface area contributed by atoms with E-state index in [0.29, 0.717) is 25.4 Å². The molecule has 1 aromatic rings. The van der Waals surface area contributed by atoms with Gasteiger partial charge in [0.25, 0.3) is 0 Å². The van der Waals surface area contributed by atoms with E-state index in [1.165, 1.54) is 0 Å². The Balaban J connectivity index is 0.00000841. The van der Waals surface area contributed by atoms with Crippen molar-refractivity contribution in [2.24, 2.45) is 10.9 Å². The minimum atomic E-state index is 0. The van der Waals surface area contributed by atoms with Gasteiger partial charge in [-0.15, -0.1) is 34.2 Å². The predicted molar refractivity (Wildman–Crippen MR) is 137 cm³/mol. The molecule has 0 bridgehead atoms. The van der Waals surface area contributed by atoms with E-state index in [1.807, 2.05) is 31.9 Å². The molecule has 1 rings (SSSR count). The van der Waals surface area contributed by atoms with Crippen molar-refractivity contribution in [3.05, 3.63) is 5.82 Å². The Morgan fingerprint density at radius 3 is 2.47 bits per heavy atom. The van der Waals surface area contributed by atoms with Crippen LogP contribution >= 0.6 is 35.7 Å². The van der Waals surface area contributed by atoms with Gasteiger partial charge in [-0.1, -0.05) is 25.6 Å². The van der Waals surface area contributed by atoms with Gasteiger partial charge in [-0.3, -0.25) is 9.79 Å². The Kier molecular flexibility index (Phi) is 16.1. The van der Waals surface area contributed by atoms with Gasteiger partial charge in [0.15, 0.2) is 11.1 Å². The van der Waals surface area contributed by atoms with Crippen LogP contribution < -0.4 is 10.6 Å². The lowest BCUT2D eigenvalue weighted by atomic mass is 10.2. The highest BCUT2D eigenvalue weighted by molar-refractivity contribution is 14.0. The molecule has 1 aromatic heterocycles. The Labute approximate surface area is 203 Å². The summed E-state index contributed by atoms with van der Waals surface area (Å²) in [5, 5.41) is 16.1. The number of aryl methyl sites for hydroxylation is 1. The maximum Gasteiger partial charge on any atom is 0.224 e. The van der Waals surface area contributed by atoms with E-state index < -0.39 is 0 Å². The fourth-order valence-electron chi connectivity index (χ4n) is 3.00. The number of hydrogen-bond donors (Lipinski definition) is 2. The highest BCUT2D eigenvalue weighted by Crippen LogP contribution is 2.16. The molecule has 0 fully saturated rings. The quantitative estimate of drug-likeness (QED) is 0.128. The molecule has 174 valence electrons. The highest BCUT2D eigenvalue weighted by atomic mass is 127. The molecule has 0 aliphatic rings. The molecule has 0 aliphatic heterocycles. The number of nitrogens with zero attached hydrogens (tertiary/aromatic N) is 5. The first-order valence-electron chi connectivity index (χ1n) is 10.7. The van der Waals surface area contributed by atoms with Gasteiger partial charge in [0.2, 0.25) is 5.91 Å². The van der Waals surface area contributed by atoms with Crippen LogP contribution in [-0.2, 0) is 17.8 Å². The molecule has 0 saturated heterocycles. The Morgan fingerprint density at radius 2 is 1.90 bits per heavy atom. The van der Waals surface area contributed by atoms with E-state index >= 15 is 0 Å². The summed E-state index contributed by atoms with van der Waals surface area (Å²) in [7, 11) is 0. The summed E-state index contributed by atoms with van der Waals surface area (Å²) in [6.45, 7) is 15.0. The number of carbonyl (C=O) groups is 1. The fourth-order valence-corrected chi connectivity index (χ4v) is 3.52. The average molecular weight is 554 g/mol. The molecule has 0 aliphatic carbocycles. The lowest BCUT2D eigenvalue weighted by Gasteiger charge is -2.19. The molecule has 1 heterocycles. The third kappa shape index (κ3) is 10.3. The van der Waals surface area contributed by atoms with Crippen molar-refractivity contribution in [3.63, 3.8) is 0 Å². The maximum atomic E-state index is 12.1. The molecule has 0 atom stereocenters. The summed E-state index contributed by atoms with van der Waals surface area (Å²) in [6.07, 6.45) is 4.26. The molecule has 30 heavy (non-hydrogen) atoms. The van der Waals surface area contributed by atoms with Crippen LogP contribution in [0.4, 0.5) is 0 Å². The van der Waals surface area contributed by atoms with Gasteiger partial charge in [-0.25, -0.2) is 0 Å². The van der Waals surface area contributed by atoms with Gasteiger partial charge in [-0.05, 0) is 39.4 Å². The minimum Gasteiger partial charge on any atom is -0.357 e. The number of guanidine groups is 1. The number of nitrogens with one attached hydrogen (secondary N) is 2. The van der Waals surface area contributed by atoms with Crippen LogP contribution in [0.5, 0.6) is 0 Å². The molecule has 0 radical (unpaired) electrons. The second-order valence-corrected chi connectivity index (χ2v) is 7.99. The van der Waals surface area contributed by atoms with Gasteiger partial charge < -0.3 is 20.1 Å². The molecule has 0 aromatic carbocycles. The molecule has 2 N–H and O–H groups in total. The zero-order valence-electron chi connectivity index (χ0n) is 19.4. The van der Waals surface area contributed by atoms with Crippen LogP contribution in [0.3, 0.4) is 0 Å². The molecule has 0 unspecified atom stereocenters. The van der Waals surface area contributed by atoms with Crippen LogP contribution in [0.25, 0.3) is 0 Å². The standard InChI is InChI=1S/C20H39N7OS.HI/c1-7-21-19(23-14-12-18(28)26(8-2)9-3)22-13-10-11-17-24-25-20(29-6)27(17)15-16(4)5;/h16H,7-15H2,1-6H3,(H2,21,22,23);1H. The Morgan fingerprint density at radius 1 is 1.20 bits per heavy atom. The number of hydrogen-bond acceptors (Lipinski definition) is 5. The monoisotopic (exact) mass is 553 g/mol. The smallest absolute Gasteiger partial charge is 0.224 e. The largest absolute Gasteiger partial charge is 0.357 e. The van der Waals surface area contributed by atoms with E-state index in [0.717, 1.165) is 56.0 Å². The van der Waals surface area contributed by atoms with Crippen molar-refractivity contribution in [1.82, 2.24) is 30.3 Å². The average Bonchev–Trinajstić information content (AvgIpc) is 3.07. The molecule has 10 heteroatoms. The Hall–Kier alpha value is -1.04. The number of aromatic nitrogens is 3. The van der Waals surface area contributed by atoms with Crippen molar-refractivity contribution < 1.29 is 4.79 Å². The van der Waals surface area contributed by atoms with Crippen molar-refractivity contribution in [2.75, 3.05) is 39.0 Å². The molecule has 1 amide bonds. The number of halogens is 1. The van der Waals surface area contributed by atoms with Crippen LogP contribution in [-0.4, -0.2) is 70.5 Å². The molecular weight excluding hydrogens is 513 g/mol. The number of amides is 1.